The van der Waals surface area contributed by atoms with Crippen molar-refractivity contribution in [2.24, 2.45) is 0 Å². The van der Waals surface area contributed by atoms with Crippen molar-refractivity contribution < 1.29 is 14.7 Å². The lowest BCUT2D eigenvalue weighted by Crippen LogP contribution is -2.13. The number of aromatic amines is 1. The summed E-state index contributed by atoms with van der Waals surface area (Å²) in [5, 5.41) is 8.49. The molecule has 1 rings (SSSR count). The van der Waals surface area contributed by atoms with E-state index in [1.807, 2.05) is 0 Å². The van der Waals surface area contributed by atoms with Crippen LogP contribution in [0.5, 0.6) is 0 Å². The topological polar surface area (TPSA) is 70.2 Å². The number of nitrogens with one attached hydrogen (secondary N) is 1. The zero-order valence-electron chi connectivity index (χ0n) is 8.75. The largest absolute Gasteiger partial charge is 0.475 e. The van der Waals surface area contributed by atoms with Crippen LogP contribution >= 0.6 is 0 Å². The van der Waals surface area contributed by atoms with Crippen LogP contribution in [0.2, 0.25) is 0 Å². The number of hydrogen-bond acceptors (Lipinski definition) is 2. The van der Waals surface area contributed by atoms with Gasteiger partial charge in [0.15, 0.2) is 0 Å². The maximum Gasteiger partial charge on any atom is 0.378 e. The van der Waals surface area contributed by atoms with E-state index in [0.717, 1.165) is 31.4 Å². The van der Waals surface area contributed by atoms with Gasteiger partial charge in [0.25, 0.3) is 5.78 Å². The summed E-state index contributed by atoms with van der Waals surface area (Å²) in [6.45, 7) is 2.12. The quantitative estimate of drug-likeness (QED) is 0.427. The molecule has 4 nitrogen and oxygen atoms in total. The van der Waals surface area contributed by atoms with E-state index in [-0.39, 0.29) is 5.69 Å². The fourth-order valence-corrected chi connectivity index (χ4v) is 1.40. The lowest BCUT2D eigenvalue weighted by Gasteiger charge is -1.96. The molecule has 4 heteroatoms. The molecule has 0 bridgehead atoms. The van der Waals surface area contributed by atoms with E-state index < -0.39 is 11.8 Å². The Labute approximate surface area is 88.3 Å². The first-order valence-electron chi connectivity index (χ1n) is 5.10. The maximum atomic E-state index is 11.1. The normalized spacial score (nSPS) is 10.2. The Morgan fingerprint density at radius 2 is 2.07 bits per heavy atom. The van der Waals surface area contributed by atoms with Crippen LogP contribution in [-0.2, 0) is 11.2 Å². The molecule has 0 aliphatic rings. The number of aromatic nitrogens is 1. The molecule has 0 amide bonds. The fraction of sp³-hybridized carbons (Fsp3) is 0.455. The monoisotopic (exact) mass is 209 g/mol. The summed E-state index contributed by atoms with van der Waals surface area (Å²) in [7, 11) is 0. The average Bonchev–Trinajstić information content (AvgIpc) is 2.65. The van der Waals surface area contributed by atoms with Gasteiger partial charge in [0.05, 0.1) is 5.69 Å². The lowest BCUT2D eigenvalue weighted by atomic mass is 10.2. The molecule has 0 radical (unpaired) electrons. The van der Waals surface area contributed by atoms with Crippen molar-refractivity contribution in [1.29, 1.82) is 0 Å². The Morgan fingerprint density at radius 3 is 2.67 bits per heavy atom. The summed E-state index contributed by atoms with van der Waals surface area (Å²) >= 11 is 0. The van der Waals surface area contributed by atoms with E-state index in [0.29, 0.717) is 0 Å². The van der Waals surface area contributed by atoms with Crippen LogP contribution in [-0.4, -0.2) is 21.8 Å². The van der Waals surface area contributed by atoms with Crippen LogP contribution in [0.4, 0.5) is 0 Å². The highest BCUT2D eigenvalue weighted by Crippen LogP contribution is 2.07. The number of carbonyl (C=O) groups excluding carboxylic acids is 1. The molecule has 1 aromatic rings. The van der Waals surface area contributed by atoms with E-state index in [2.05, 4.69) is 11.9 Å². The maximum absolute atomic E-state index is 11.1. The number of H-pyrrole nitrogens is 1. The van der Waals surface area contributed by atoms with E-state index in [1.54, 1.807) is 6.07 Å². The molecule has 0 spiro atoms. The molecular formula is C11H15NO3. The second-order valence-electron chi connectivity index (χ2n) is 3.49. The third kappa shape index (κ3) is 3.23. The van der Waals surface area contributed by atoms with Gasteiger partial charge in [0.1, 0.15) is 0 Å². The number of hydrogen-bond donors (Lipinski definition) is 2. The predicted octanol–water partition coefficient (Wildman–Crippen LogP) is 2.01. The van der Waals surface area contributed by atoms with Crippen LogP contribution in [0, 0.1) is 0 Å². The minimum absolute atomic E-state index is 0.161. The summed E-state index contributed by atoms with van der Waals surface area (Å²) < 4.78 is 0. The molecule has 2 N–H and O–H groups in total. The van der Waals surface area contributed by atoms with Crippen molar-refractivity contribution in [2.75, 3.05) is 0 Å². The summed E-state index contributed by atoms with van der Waals surface area (Å²) in [6, 6.07) is 3.30. The number of aliphatic carboxylic acids is 1. The third-order valence-corrected chi connectivity index (χ3v) is 2.23. The first-order chi connectivity index (χ1) is 7.15. The highest BCUT2D eigenvalue weighted by molar-refractivity contribution is 6.39. The highest BCUT2D eigenvalue weighted by atomic mass is 16.4. The van der Waals surface area contributed by atoms with Gasteiger partial charge in [-0.2, -0.15) is 0 Å². The van der Waals surface area contributed by atoms with Gasteiger partial charge in [-0.05, 0) is 25.0 Å². The van der Waals surface area contributed by atoms with Gasteiger partial charge in [-0.25, -0.2) is 4.79 Å². The van der Waals surface area contributed by atoms with Crippen molar-refractivity contribution in [1.82, 2.24) is 4.98 Å². The van der Waals surface area contributed by atoms with Gasteiger partial charge < -0.3 is 10.1 Å². The number of aryl methyl sites for hydroxylation is 1. The molecule has 0 aromatic carbocycles. The van der Waals surface area contributed by atoms with Crippen LogP contribution in [0.3, 0.4) is 0 Å². The second-order valence-corrected chi connectivity index (χ2v) is 3.49. The number of carboxylic acids is 1. The SMILES string of the molecule is CCCCCc1ccc(C(=O)C(=O)O)[nH]1. The molecule has 0 saturated carbocycles. The average molecular weight is 209 g/mol. The van der Waals surface area contributed by atoms with E-state index in [4.69, 9.17) is 5.11 Å². The molecule has 0 aliphatic heterocycles. The Balaban J connectivity index is 2.56. The van der Waals surface area contributed by atoms with E-state index in [1.165, 1.54) is 6.07 Å². The van der Waals surface area contributed by atoms with Gasteiger partial charge >= 0.3 is 5.97 Å². The van der Waals surface area contributed by atoms with Crippen LogP contribution < -0.4 is 0 Å². The first kappa shape index (κ1) is 11.5. The lowest BCUT2D eigenvalue weighted by molar-refractivity contribution is -0.131. The number of carboxylic acid groups (broad SMARTS) is 1. The van der Waals surface area contributed by atoms with Gasteiger partial charge in [0, 0.05) is 5.69 Å². The molecule has 0 aliphatic carbocycles. The summed E-state index contributed by atoms with van der Waals surface area (Å²) in [4.78, 5) is 24.3. The number of carbonyl (C=O) groups is 2. The standard InChI is InChI=1S/C11H15NO3/c1-2-3-4-5-8-6-7-9(12-8)10(13)11(14)15/h6-7,12H,2-5H2,1H3,(H,14,15). The number of rotatable bonds is 6. The second kappa shape index (κ2) is 5.34. The van der Waals surface area contributed by atoms with Crippen LogP contribution in [0.25, 0.3) is 0 Å². The van der Waals surface area contributed by atoms with Crippen molar-refractivity contribution >= 4 is 11.8 Å². The van der Waals surface area contributed by atoms with Crippen molar-refractivity contribution in [3.8, 4) is 0 Å². The Hall–Kier alpha value is -1.58. The van der Waals surface area contributed by atoms with Crippen LogP contribution in [0.1, 0.15) is 42.4 Å². The Kier molecular flexibility index (Phi) is 4.09. The van der Waals surface area contributed by atoms with E-state index >= 15 is 0 Å². The summed E-state index contributed by atoms with van der Waals surface area (Å²) in [5.41, 5.74) is 1.09. The van der Waals surface area contributed by atoms with E-state index in [9.17, 15) is 9.59 Å². The highest BCUT2D eigenvalue weighted by Gasteiger charge is 2.15. The molecule has 1 heterocycles. The molecule has 0 saturated heterocycles. The van der Waals surface area contributed by atoms with Crippen LogP contribution in [0.15, 0.2) is 12.1 Å². The minimum atomic E-state index is -1.42. The van der Waals surface area contributed by atoms with Gasteiger partial charge in [-0.3, -0.25) is 4.79 Å². The predicted molar refractivity (Wildman–Crippen MR) is 56.0 cm³/mol. The molecule has 0 unspecified atom stereocenters. The molecule has 0 fully saturated rings. The van der Waals surface area contributed by atoms with Gasteiger partial charge in [-0.15, -0.1) is 0 Å². The minimum Gasteiger partial charge on any atom is -0.475 e. The summed E-state index contributed by atoms with van der Waals surface area (Å²) in [5.74, 6) is -2.30. The molecule has 1 aromatic heterocycles. The Bertz CT molecular complexity index is 354. The Morgan fingerprint density at radius 1 is 1.33 bits per heavy atom. The van der Waals surface area contributed by atoms with Gasteiger partial charge in [0.2, 0.25) is 0 Å². The van der Waals surface area contributed by atoms with Crippen molar-refractivity contribution in [2.45, 2.75) is 32.6 Å². The summed E-state index contributed by atoms with van der Waals surface area (Å²) in [6.07, 6.45) is 4.20. The zero-order valence-corrected chi connectivity index (χ0v) is 8.75. The third-order valence-electron chi connectivity index (χ3n) is 2.23. The van der Waals surface area contributed by atoms with Gasteiger partial charge in [-0.1, -0.05) is 19.8 Å². The first-order valence-corrected chi connectivity index (χ1v) is 5.10. The van der Waals surface area contributed by atoms with Crippen molar-refractivity contribution in [3.05, 3.63) is 23.5 Å². The molecule has 15 heavy (non-hydrogen) atoms. The number of unbranched alkanes of at least 4 members (excludes halogenated alkanes) is 2. The molecule has 82 valence electrons. The smallest absolute Gasteiger partial charge is 0.378 e. The number of Topliss-reactive ketones (excluding diaryl/α,β-unsaturated/α-hetero) is 1. The molecular weight excluding hydrogens is 194 g/mol. The zero-order chi connectivity index (χ0) is 11.3. The number of ketones is 1. The molecule has 0 atom stereocenters. The van der Waals surface area contributed by atoms with Crippen molar-refractivity contribution in [3.63, 3.8) is 0 Å². The fourth-order valence-electron chi connectivity index (χ4n) is 1.40.